The maximum atomic E-state index is 14.2. The van der Waals surface area contributed by atoms with Crippen molar-refractivity contribution >= 4 is 5.69 Å². The van der Waals surface area contributed by atoms with Gasteiger partial charge in [0, 0.05) is 26.2 Å². The van der Waals surface area contributed by atoms with E-state index in [-0.39, 0.29) is 5.82 Å². The Morgan fingerprint density at radius 1 is 1.14 bits per heavy atom. The second kappa shape index (κ2) is 6.75. The third-order valence-corrected chi connectivity index (χ3v) is 4.84. The smallest absolute Gasteiger partial charge is 0.146 e. The highest BCUT2D eigenvalue weighted by molar-refractivity contribution is 5.50. The minimum Gasteiger partial charge on any atom is -0.367 e. The van der Waals surface area contributed by atoms with Crippen LogP contribution in [0.15, 0.2) is 18.2 Å². The number of nitrogens with one attached hydrogen (secondary N) is 1. The van der Waals surface area contributed by atoms with Crippen molar-refractivity contribution in [3.63, 3.8) is 0 Å². The van der Waals surface area contributed by atoms with Crippen LogP contribution in [0.5, 0.6) is 0 Å². The maximum Gasteiger partial charge on any atom is 0.146 e. The fraction of sp³-hybridized carbons (Fsp3) is 0.647. The number of likely N-dealkylation sites (N-methyl/N-ethyl adjacent to an activating group) is 1. The van der Waals surface area contributed by atoms with Crippen molar-refractivity contribution in [3.8, 4) is 0 Å². The second-order valence-corrected chi connectivity index (χ2v) is 6.47. The molecule has 3 rings (SSSR count). The first-order valence-corrected chi connectivity index (χ1v) is 8.15. The van der Waals surface area contributed by atoms with Gasteiger partial charge < -0.3 is 15.1 Å². The Bertz CT molecular complexity index is 463. The molecule has 2 aliphatic rings. The van der Waals surface area contributed by atoms with E-state index in [9.17, 15) is 4.39 Å². The summed E-state index contributed by atoms with van der Waals surface area (Å²) in [5.41, 5.74) is 2.09. The van der Waals surface area contributed by atoms with Crippen LogP contribution in [0.25, 0.3) is 0 Å². The van der Waals surface area contributed by atoms with Gasteiger partial charge in [-0.2, -0.15) is 0 Å². The van der Waals surface area contributed by atoms with Gasteiger partial charge in [0.2, 0.25) is 0 Å². The first-order valence-electron chi connectivity index (χ1n) is 8.15. The van der Waals surface area contributed by atoms with Crippen LogP contribution in [0.2, 0.25) is 0 Å². The predicted octanol–water partition coefficient (Wildman–Crippen LogP) is 2.12. The van der Waals surface area contributed by atoms with Gasteiger partial charge in [-0.3, -0.25) is 0 Å². The quantitative estimate of drug-likeness (QED) is 0.920. The topological polar surface area (TPSA) is 18.5 Å². The van der Waals surface area contributed by atoms with Crippen LogP contribution >= 0.6 is 0 Å². The standard InChI is InChI=1S/C17H26FN3/c1-20-8-10-21(11-9-20)17-13-15(2-3-16(17)18)12-14-4-6-19-7-5-14/h2-3,13-14,19H,4-12H2,1H3. The van der Waals surface area contributed by atoms with Crippen molar-refractivity contribution in [2.45, 2.75) is 19.3 Å². The third kappa shape index (κ3) is 3.74. The number of piperazine rings is 1. The van der Waals surface area contributed by atoms with Crippen LogP contribution in [-0.4, -0.2) is 51.2 Å². The van der Waals surface area contributed by atoms with Crippen LogP contribution in [0, 0.1) is 11.7 Å². The third-order valence-electron chi connectivity index (χ3n) is 4.84. The normalized spacial score (nSPS) is 21.7. The molecule has 0 atom stereocenters. The number of piperidine rings is 1. The second-order valence-electron chi connectivity index (χ2n) is 6.47. The molecule has 4 heteroatoms. The first-order chi connectivity index (χ1) is 10.2. The van der Waals surface area contributed by atoms with Crippen molar-refractivity contribution < 1.29 is 4.39 Å². The van der Waals surface area contributed by atoms with E-state index in [0.717, 1.165) is 57.3 Å². The van der Waals surface area contributed by atoms with Crippen LogP contribution in [0.3, 0.4) is 0 Å². The first kappa shape index (κ1) is 14.8. The molecular weight excluding hydrogens is 265 g/mol. The van der Waals surface area contributed by atoms with Crippen molar-refractivity contribution in [2.24, 2.45) is 5.92 Å². The van der Waals surface area contributed by atoms with Gasteiger partial charge in [0.05, 0.1) is 5.69 Å². The average Bonchev–Trinajstić information content (AvgIpc) is 2.51. The lowest BCUT2D eigenvalue weighted by atomic mass is 9.91. The average molecular weight is 291 g/mol. The van der Waals surface area contributed by atoms with Crippen LogP contribution in [0.4, 0.5) is 10.1 Å². The summed E-state index contributed by atoms with van der Waals surface area (Å²) in [7, 11) is 2.13. The zero-order valence-electron chi connectivity index (χ0n) is 12.9. The van der Waals surface area contributed by atoms with E-state index in [1.54, 1.807) is 6.07 Å². The molecule has 0 saturated carbocycles. The number of benzene rings is 1. The molecule has 3 nitrogen and oxygen atoms in total. The van der Waals surface area contributed by atoms with Gasteiger partial charge in [0.25, 0.3) is 0 Å². The van der Waals surface area contributed by atoms with E-state index in [1.807, 2.05) is 6.07 Å². The summed E-state index contributed by atoms with van der Waals surface area (Å²) in [5, 5.41) is 3.40. The largest absolute Gasteiger partial charge is 0.367 e. The van der Waals surface area contributed by atoms with Crippen LogP contribution in [0.1, 0.15) is 18.4 Å². The highest BCUT2D eigenvalue weighted by atomic mass is 19.1. The lowest BCUT2D eigenvalue weighted by Gasteiger charge is -2.34. The summed E-state index contributed by atoms with van der Waals surface area (Å²) in [5.74, 6) is 0.672. The highest BCUT2D eigenvalue weighted by Gasteiger charge is 2.19. The van der Waals surface area contributed by atoms with Gasteiger partial charge in [-0.25, -0.2) is 4.39 Å². The maximum absolute atomic E-state index is 14.2. The molecule has 0 bridgehead atoms. The van der Waals surface area contributed by atoms with Gasteiger partial charge in [-0.1, -0.05) is 6.07 Å². The number of halogens is 1. The Hall–Kier alpha value is -1.13. The minimum atomic E-state index is -0.0754. The number of anilines is 1. The minimum absolute atomic E-state index is 0.0754. The fourth-order valence-electron chi connectivity index (χ4n) is 3.39. The molecule has 21 heavy (non-hydrogen) atoms. The van der Waals surface area contributed by atoms with Crippen molar-refractivity contribution in [3.05, 3.63) is 29.6 Å². The summed E-state index contributed by atoms with van der Waals surface area (Å²) in [6.45, 7) is 6.11. The molecule has 2 saturated heterocycles. The van der Waals surface area contributed by atoms with E-state index in [4.69, 9.17) is 0 Å². The molecule has 0 unspecified atom stereocenters. The van der Waals surface area contributed by atoms with E-state index in [1.165, 1.54) is 18.4 Å². The van der Waals surface area contributed by atoms with Crippen LogP contribution in [-0.2, 0) is 6.42 Å². The molecule has 0 radical (unpaired) electrons. The molecule has 1 aromatic rings. The summed E-state index contributed by atoms with van der Waals surface area (Å²) >= 11 is 0. The van der Waals surface area contributed by atoms with E-state index in [2.05, 4.69) is 28.2 Å². The Morgan fingerprint density at radius 2 is 1.86 bits per heavy atom. The Balaban J connectivity index is 1.70. The molecule has 0 aliphatic carbocycles. The molecule has 116 valence electrons. The van der Waals surface area contributed by atoms with E-state index < -0.39 is 0 Å². The summed E-state index contributed by atoms with van der Waals surface area (Å²) in [6, 6.07) is 5.71. The number of rotatable bonds is 3. The Morgan fingerprint density at radius 3 is 2.57 bits per heavy atom. The van der Waals surface area contributed by atoms with Gasteiger partial charge in [0.15, 0.2) is 0 Å². The molecule has 0 spiro atoms. The zero-order chi connectivity index (χ0) is 14.7. The molecule has 2 aliphatic heterocycles. The predicted molar refractivity (Wildman–Crippen MR) is 85.4 cm³/mol. The molecule has 0 amide bonds. The number of hydrogen-bond donors (Lipinski definition) is 1. The highest BCUT2D eigenvalue weighted by Crippen LogP contribution is 2.25. The van der Waals surface area contributed by atoms with Crippen LogP contribution < -0.4 is 10.2 Å². The van der Waals surface area contributed by atoms with E-state index >= 15 is 0 Å². The van der Waals surface area contributed by atoms with Crippen molar-refractivity contribution in [2.75, 3.05) is 51.2 Å². The van der Waals surface area contributed by atoms with Gasteiger partial charge in [-0.05, 0) is 63.0 Å². The molecule has 2 heterocycles. The summed E-state index contributed by atoms with van der Waals surface area (Å²) in [4.78, 5) is 4.49. The summed E-state index contributed by atoms with van der Waals surface area (Å²) < 4.78 is 14.2. The number of hydrogen-bond acceptors (Lipinski definition) is 3. The monoisotopic (exact) mass is 291 g/mol. The molecule has 1 aromatic carbocycles. The van der Waals surface area contributed by atoms with E-state index in [0.29, 0.717) is 0 Å². The fourth-order valence-corrected chi connectivity index (χ4v) is 3.39. The number of nitrogens with zero attached hydrogens (tertiary/aromatic N) is 2. The zero-order valence-corrected chi connectivity index (χ0v) is 12.9. The Kier molecular flexibility index (Phi) is 4.76. The SMILES string of the molecule is CN1CCN(c2cc(CC3CCNCC3)ccc2F)CC1. The molecule has 0 aromatic heterocycles. The lowest BCUT2D eigenvalue weighted by molar-refractivity contribution is 0.311. The molecule has 1 N–H and O–H groups in total. The van der Waals surface area contributed by atoms with Crippen molar-refractivity contribution in [1.82, 2.24) is 10.2 Å². The van der Waals surface area contributed by atoms with Crippen molar-refractivity contribution in [1.29, 1.82) is 0 Å². The Labute approximate surface area is 127 Å². The lowest BCUT2D eigenvalue weighted by Crippen LogP contribution is -2.44. The summed E-state index contributed by atoms with van der Waals surface area (Å²) in [6.07, 6.45) is 3.56. The molecule has 2 fully saturated rings. The van der Waals surface area contributed by atoms with Gasteiger partial charge in [-0.15, -0.1) is 0 Å². The van der Waals surface area contributed by atoms with Gasteiger partial charge in [0.1, 0.15) is 5.82 Å². The van der Waals surface area contributed by atoms with Gasteiger partial charge >= 0.3 is 0 Å². The molecular formula is C17H26FN3.